The summed E-state index contributed by atoms with van der Waals surface area (Å²) in [6.07, 6.45) is 0. The molecule has 0 aromatic carbocycles. The van der Waals surface area contributed by atoms with Crippen molar-refractivity contribution in [2.75, 3.05) is 21.3 Å². The van der Waals surface area contributed by atoms with Gasteiger partial charge in [0.15, 0.2) is 5.56 Å². The molecule has 0 atom stereocenters. The number of pyridine rings is 1. The van der Waals surface area contributed by atoms with Crippen LogP contribution in [0.3, 0.4) is 0 Å². The summed E-state index contributed by atoms with van der Waals surface area (Å²) < 4.78 is 14.7. The molecule has 0 saturated heterocycles. The van der Waals surface area contributed by atoms with Crippen LogP contribution in [0.15, 0.2) is 6.07 Å². The van der Waals surface area contributed by atoms with Crippen LogP contribution in [0, 0.1) is 6.92 Å². The molecule has 82 valence electrons. The van der Waals surface area contributed by atoms with Crippen LogP contribution >= 0.6 is 0 Å². The lowest BCUT2D eigenvalue weighted by Crippen LogP contribution is -2.08. The van der Waals surface area contributed by atoms with Gasteiger partial charge in [0.2, 0.25) is 5.88 Å². The van der Waals surface area contributed by atoms with Crippen molar-refractivity contribution >= 4 is 5.97 Å². The number of ether oxygens (including phenoxy) is 3. The second kappa shape index (κ2) is 4.63. The lowest BCUT2D eigenvalue weighted by atomic mass is 10.2. The molecule has 0 bridgehead atoms. The first-order chi connectivity index (χ1) is 7.13. The van der Waals surface area contributed by atoms with Crippen molar-refractivity contribution < 1.29 is 19.0 Å². The summed E-state index contributed by atoms with van der Waals surface area (Å²) >= 11 is 0. The minimum Gasteiger partial charge on any atom is -0.496 e. The molecule has 0 spiro atoms. The van der Waals surface area contributed by atoms with Gasteiger partial charge in [-0.2, -0.15) is 0 Å². The van der Waals surface area contributed by atoms with Crippen molar-refractivity contribution in [2.24, 2.45) is 0 Å². The number of hydrogen-bond donors (Lipinski definition) is 0. The second-order valence-corrected chi connectivity index (χ2v) is 2.84. The number of rotatable bonds is 3. The van der Waals surface area contributed by atoms with Crippen molar-refractivity contribution in [1.29, 1.82) is 0 Å². The molecular formula is C10H13NO4. The van der Waals surface area contributed by atoms with E-state index in [9.17, 15) is 4.79 Å². The number of aromatic nitrogens is 1. The molecule has 0 aliphatic carbocycles. The van der Waals surface area contributed by atoms with Gasteiger partial charge in [-0.25, -0.2) is 9.78 Å². The molecule has 1 aromatic rings. The van der Waals surface area contributed by atoms with Gasteiger partial charge in [0.25, 0.3) is 0 Å². The van der Waals surface area contributed by atoms with Crippen molar-refractivity contribution in [2.45, 2.75) is 6.92 Å². The minimum absolute atomic E-state index is 0.202. The fraction of sp³-hybridized carbons (Fsp3) is 0.400. The van der Waals surface area contributed by atoms with Gasteiger partial charge in [-0.1, -0.05) is 0 Å². The monoisotopic (exact) mass is 211 g/mol. The predicted molar refractivity (Wildman–Crippen MR) is 53.4 cm³/mol. The zero-order valence-corrected chi connectivity index (χ0v) is 9.16. The quantitative estimate of drug-likeness (QED) is 0.703. The van der Waals surface area contributed by atoms with Crippen molar-refractivity contribution in [1.82, 2.24) is 4.98 Å². The molecule has 1 aromatic heterocycles. The van der Waals surface area contributed by atoms with Crippen molar-refractivity contribution in [3.63, 3.8) is 0 Å². The SMILES string of the molecule is COC(=O)c1c(OC)cc(C)nc1OC. The van der Waals surface area contributed by atoms with Crippen LogP contribution in [0.1, 0.15) is 16.1 Å². The third kappa shape index (κ3) is 2.18. The average Bonchev–Trinajstić information content (AvgIpc) is 2.26. The number of nitrogens with zero attached hydrogens (tertiary/aromatic N) is 1. The van der Waals surface area contributed by atoms with Crippen molar-refractivity contribution in [3.05, 3.63) is 17.3 Å². The molecule has 0 fully saturated rings. The second-order valence-electron chi connectivity index (χ2n) is 2.84. The highest BCUT2D eigenvalue weighted by atomic mass is 16.5. The van der Waals surface area contributed by atoms with Crippen LogP contribution in [0.25, 0.3) is 0 Å². The molecule has 0 amide bonds. The molecule has 1 rings (SSSR count). The Kier molecular flexibility index (Phi) is 3.49. The van der Waals surface area contributed by atoms with Gasteiger partial charge in [-0.05, 0) is 6.92 Å². The standard InChI is InChI=1S/C10H13NO4/c1-6-5-7(13-2)8(10(12)15-4)9(11-6)14-3/h5H,1-4H3. The van der Waals surface area contributed by atoms with Gasteiger partial charge >= 0.3 is 5.97 Å². The summed E-state index contributed by atoms with van der Waals surface area (Å²) in [5, 5.41) is 0. The Labute approximate surface area is 88.0 Å². The van der Waals surface area contributed by atoms with E-state index in [1.807, 2.05) is 0 Å². The molecule has 0 aliphatic heterocycles. The highest BCUT2D eigenvalue weighted by molar-refractivity contribution is 5.95. The van der Waals surface area contributed by atoms with Gasteiger partial charge < -0.3 is 14.2 Å². The summed E-state index contributed by atoms with van der Waals surface area (Å²) in [7, 11) is 4.20. The van der Waals surface area contributed by atoms with E-state index in [1.165, 1.54) is 21.3 Å². The largest absolute Gasteiger partial charge is 0.496 e. The number of aryl methyl sites for hydroxylation is 1. The Morgan fingerprint density at radius 2 is 1.93 bits per heavy atom. The number of carbonyl (C=O) groups is 1. The lowest BCUT2D eigenvalue weighted by Gasteiger charge is -2.11. The van der Waals surface area contributed by atoms with E-state index < -0.39 is 5.97 Å². The predicted octanol–water partition coefficient (Wildman–Crippen LogP) is 1.19. The van der Waals surface area contributed by atoms with E-state index in [4.69, 9.17) is 9.47 Å². The van der Waals surface area contributed by atoms with E-state index >= 15 is 0 Å². The van der Waals surface area contributed by atoms with Crippen molar-refractivity contribution in [3.8, 4) is 11.6 Å². The van der Waals surface area contributed by atoms with Gasteiger partial charge in [0.05, 0.1) is 21.3 Å². The van der Waals surface area contributed by atoms with E-state index in [2.05, 4.69) is 9.72 Å². The van der Waals surface area contributed by atoms with Crippen LogP contribution in [0.5, 0.6) is 11.6 Å². The molecule has 5 nitrogen and oxygen atoms in total. The fourth-order valence-electron chi connectivity index (χ4n) is 1.21. The summed E-state index contributed by atoms with van der Waals surface area (Å²) in [6, 6.07) is 1.65. The van der Waals surface area contributed by atoms with Gasteiger partial charge in [0.1, 0.15) is 5.75 Å². The first-order valence-corrected chi connectivity index (χ1v) is 4.32. The average molecular weight is 211 g/mol. The maximum absolute atomic E-state index is 11.5. The van der Waals surface area contributed by atoms with Crippen LogP contribution in [-0.2, 0) is 4.74 Å². The molecular weight excluding hydrogens is 198 g/mol. The van der Waals surface area contributed by atoms with E-state index in [0.29, 0.717) is 11.4 Å². The van der Waals surface area contributed by atoms with E-state index in [1.54, 1.807) is 13.0 Å². The molecule has 0 aliphatic rings. The van der Waals surface area contributed by atoms with Crippen LogP contribution in [-0.4, -0.2) is 32.3 Å². The minimum atomic E-state index is -0.531. The Balaban J connectivity index is 3.36. The van der Waals surface area contributed by atoms with Crippen LogP contribution in [0.2, 0.25) is 0 Å². The molecule has 1 heterocycles. The first-order valence-electron chi connectivity index (χ1n) is 4.32. The fourth-order valence-corrected chi connectivity index (χ4v) is 1.21. The third-order valence-electron chi connectivity index (χ3n) is 1.88. The molecule has 5 heteroatoms. The van der Waals surface area contributed by atoms with E-state index in [-0.39, 0.29) is 11.4 Å². The summed E-state index contributed by atoms with van der Waals surface area (Å²) in [5.74, 6) is 0.0705. The van der Waals surface area contributed by atoms with Gasteiger partial charge in [0, 0.05) is 11.8 Å². The maximum Gasteiger partial charge on any atom is 0.347 e. The lowest BCUT2D eigenvalue weighted by molar-refractivity contribution is 0.0592. The molecule has 0 unspecified atom stereocenters. The number of methoxy groups -OCH3 is 3. The highest BCUT2D eigenvalue weighted by Crippen LogP contribution is 2.27. The zero-order chi connectivity index (χ0) is 11.4. The molecule has 0 N–H and O–H groups in total. The Morgan fingerprint density at radius 3 is 2.40 bits per heavy atom. The molecule has 15 heavy (non-hydrogen) atoms. The smallest absolute Gasteiger partial charge is 0.347 e. The highest BCUT2D eigenvalue weighted by Gasteiger charge is 2.20. The van der Waals surface area contributed by atoms with E-state index in [0.717, 1.165) is 0 Å². The van der Waals surface area contributed by atoms with Gasteiger partial charge in [-0.15, -0.1) is 0 Å². The number of carbonyl (C=O) groups excluding carboxylic acids is 1. The zero-order valence-electron chi connectivity index (χ0n) is 9.16. The first kappa shape index (κ1) is 11.3. The molecule has 0 saturated carbocycles. The summed E-state index contributed by atoms with van der Waals surface area (Å²) in [6.45, 7) is 1.78. The Morgan fingerprint density at radius 1 is 1.27 bits per heavy atom. The molecule has 0 radical (unpaired) electrons. The summed E-state index contributed by atoms with van der Waals surface area (Å²) in [5.41, 5.74) is 0.907. The Hall–Kier alpha value is -1.78. The van der Waals surface area contributed by atoms with Gasteiger partial charge in [-0.3, -0.25) is 0 Å². The number of esters is 1. The van der Waals surface area contributed by atoms with Crippen LogP contribution in [0.4, 0.5) is 0 Å². The summed E-state index contributed by atoms with van der Waals surface area (Å²) in [4.78, 5) is 15.5. The third-order valence-corrected chi connectivity index (χ3v) is 1.88. The Bertz CT molecular complexity index is 351. The number of hydrogen-bond acceptors (Lipinski definition) is 5. The normalized spacial score (nSPS) is 9.60. The topological polar surface area (TPSA) is 57.7 Å². The van der Waals surface area contributed by atoms with Crippen LogP contribution < -0.4 is 9.47 Å². The maximum atomic E-state index is 11.5.